The van der Waals surface area contributed by atoms with E-state index in [9.17, 15) is 20.1 Å². The first-order valence-corrected chi connectivity index (χ1v) is 13.6. The van der Waals surface area contributed by atoms with E-state index < -0.39 is 31.1 Å². The maximum absolute atomic E-state index is 12.4. The number of carbonyl (C=O) groups is 1. The van der Waals surface area contributed by atoms with Crippen LogP contribution in [0, 0.1) is 17.8 Å². The summed E-state index contributed by atoms with van der Waals surface area (Å²) in [5, 5.41) is 29.9. The molecule has 2 unspecified atom stereocenters. The molecule has 2 aliphatic rings. The van der Waals surface area contributed by atoms with Gasteiger partial charge in [0, 0.05) is 19.5 Å². The number of likely N-dealkylation sites (tertiary alicyclic amines) is 1. The summed E-state index contributed by atoms with van der Waals surface area (Å²) in [6.45, 7) is 1.76. The van der Waals surface area contributed by atoms with Gasteiger partial charge in [-0.15, -0.1) is 0 Å². The second-order valence-electron chi connectivity index (χ2n) is 10.1. The number of aromatic nitrogens is 4. The van der Waals surface area contributed by atoms with E-state index in [4.69, 9.17) is 19.9 Å². The minimum atomic E-state index is -1.29. The van der Waals surface area contributed by atoms with Gasteiger partial charge in [0.2, 0.25) is 5.82 Å². The molecule has 218 valence electrons. The van der Waals surface area contributed by atoms with Gasteiger partial charge in [-0.3, -0.25) is 4.57 Å². The molecule has 3 aromatic rings. The Morgan fingerprint density at radius 2 is 1.90 bits per heavy atom. The molecule has 0 aliphatic carbocycles. The predicted molar refractivity (Wildman–Crippen MR) is 146 cm³/mol. The monoisotopic (exact) mass is 566 g/mol. The van der Waals surface area contributed by atoms with E-state index in [0.717, 1.165) is 18.4 Å². The smallest absolute Gasteiger partial charge is 0.409 e. The molecule has 0 spiro atoms. The lowest BCUT2D eigenvalue weighted by atomic mass is 9.94. The van der Waals surface area contributed by atoms with Gasteiger partial charge in [-0.25, -0.2) is 19.7 Å². The first-order valence-electron chi connectivity index (χ1n) is 13.6. The third-order valence-electron chi connectivity index (χ3n) is 7.27. The number of aliphatic hydroxyl groups is 3. The number of anilines is 1. The van der Waals surface area contributed by atoms with Gasteiger partial charge in [-0.05, 0) is 30.2 Å². The average Bonchev–Trinajstić information content (AvgIpc) is 3.54. The van der Waals surface area contributed by atoms with Crippen LogP contribution in [0.3, 0.4) is 0 Å². The van der Waals surface area contributed by atoms with Crippen molar-refractivity contribution >= 4 is 23.1 Å². The zero-order valence-corrected chi connectivity index (χ0v) is 22.5. The number of benzene rings is 1. The van der Waals surface area contributed by atoms with Crippen LogP contribution in [-0.2, 0) is 20.8 Å². The molecule has 13 nitrogen and oxygen atoms in total. The van der Waals surface area contributed by atoms with Crippen LogP contribution in [0.4, 0.5) is 10.6 Å². The normalized spacial score (nSPS) is 23.0. The van der Waals surface area contributed by atoms with Crippen LogP contribution < -0.4 is 5.73 Å². The number of rotatable bonds is 8. The summed E-state index contributed by atoms with van der Waals surface area (Å²) in [4.78, 5) is 27.0. The minimum absolute atomic E-state index is 0.127. The number of piperidine rings is 1. The Balaban J connectivity index is 1.09. The Labute approximate surface area is 236 Å². The van der Waals surface area contributed by atoms with Gasteiger partial charge in [0.25, 0.3) is 0 Å². The molecule has 5 rings (SSSR count). The van der Waals surface area contributed by atoms with Crippen molar-refractivity contribution in [2.45, 2.75) is 50.4 Å². The maximum atomic E-state index is 12.4. The minimum Gasteiger partial charge on any atom is -0.447 e. The van der Waals surface area contributed by atoms with Gasteiger partial charge in [0.15, 0.2) is 17.7 Å². The SMILES string of the molecule is Nc1nc(C#CCC2CCN(C(=O)OCCOCc3ccccc3)CC2)nc2c1ncn2[C@@H]1O[C@H](CO)C(O)C1O. The van der Waals surface area contributed by atoms with Gasteiger partial charge in [0.05, 0.1) is 26.1 Å². The summed E-state index contributed by atoms with van der Waals surface area (Å²) >= 11 is 0. The fraction of sp³-hybridized carbons (Fsp3) is 0.500. The number of nitrogens with two attached hydrogens (primary N) is 1. The molecular weight excluding hydrogens is 532 g/mol. The number of nitrogen functional groups attached to an aromatic ring is 1. The van der Waals surface area contributed by atoms with E-state index in [0.29, 0.717) is 49.8 Å². The first-order chi connectivity index (χ1) is 19.9. The fourth-order valence-corrected chi connectivity index (χ4v) is 4.93. The molecule has 0 bridgehead atoms. The number of aliphatic hydroxyl groups excluding tert-OH is 3. The van der Waals surface area contributed by atoms with Crippen molar-refractivity contribution in [1.82, 2.24) is 24.4 Å². The molecule has 4 atom stereocenters. The molecule has 2 aromatic heterocycles. The number of imidazole rings is 1. The summed E-state index contributed by atoms with van der Waals surface area (Å²) in [7, 11) is 0. The van der Waals surface area contributed by atoms with Crippen molar-refractivity contribution in [3.8, 4) is 11.8 Å². The lowest BCUT2D eigenvalue weighted by Crippen LogP contribution is -2.39. The predicted octanol–water partition coefficient (Wildman–Crippen LogP) is 0.827. The lowest BCUT2D eigenvalue weighted by molar-refractivity contribution is -0.0511. The van der Waals surface area contributed by atoms with Gasteiger partial charge in [0.1, 0.15) is 30.4 Å². The second-order valence-corrected chi connectivity index (χ2v) is 10.1. The quantitative estimate of drug-likeness (QED) is 0.224. The molecule has 0 radical (unpaired) electrons. The van der Waals surface area contributed by atoms with Crippen LogP contribution in [0.25, 0.3) is 11.2 Å². The van der Waals surface area contributed by atoms with E-state index in [-0.39, 0.29) is 24.3 Å². The van der Waals surface area contributed by atoms with Crippen LogP contribution in [0.1, 0.15) is 36.9 Å². The van der Waals surface area contributed by atoms with Crippen LogP contribution in [0.15, 0.2) is 36.7 Å². The molecule has 2 fully saturated rings. The number of hydrogen-bond acceptors (Lipinski definition) is 11. The molecule has 1 amide bonds. The zero-order chi connectivity index (χ0) is 28.8. The molecule has 0 saturated carbocycles. The van der Waals surface area contributed by atoms with Crippen molar-refractivity contribution in [2.24, 2.45) is 5.92 Å². The molecule has 41 heavy (non-hydrogen) atoms. The second kappa shape index (κ2) is 13.2. The largest absolute Gasteiger partial charge is 0.447 e. The summed E-state index contributed by atoms with van der Waals surface area (Å²) in [5.41, 5.74) is 7.76. The van der Waals surface area contributed by atoms with Crippen molar-refractivity contribution < 1.29 is 34.3 Å². The summed E-state index contributed by atoms with van der Waals surface area (Å²) in [6.07, 6.45) is -1.21. The Morgan fingerprint density at radius 3 is 2.63 bits per heavy atom. The maximum Gasteiger partial charge on any atom is 0.409 e. The molecular formula is C28H34N6O7. The van der Waals surface area contributed by atoms with Crippen LogP contribution in [-0.4, -0.2) is 97.1 Å². The summed E-state index contributed by atoms with van der Waals surface area (Å²) < 4.78 is 18.0. The van der Waals surface area contributed by atoms with E-state index in [1.165, 1.54) is 10.9 Å². The van der Waals surface area contributed by atoms with Gasteiger partial charge < -0.3 is 40.2 Å². The Kier molecular flexibility index (Phi) is 9.28. The van der Waals surface area contributed by atoms with Gasteiger partial charge in [-0.2, -0.15) is 0 Å². The topological polar surface area (TPSA) is 178 Å². The highest BCUT2D eigenvalue weighted by atomic mass is 16.6. The zero-order valence-electron chi connectivity index (χ0n) is 22.5. The molecule has 2 aliphatic heterocycles. The lowest BCUT2D eigenvalue weighted by Gasteiger charge is -2.30. The van der Waals surface area contributed by atoms with Crippen molar-refractivity contribution in [2.75, 3.05) is 38.6 Å². The van der Waals surface area contributed by atoms with E-state index in [1.54, 1.807) is 4.90 Å². The van der Waals surface area contributed by atoms with Crippen LogP contribution >= 0.6 is 0 Å². The highest BCUT2D eigenvalue weighted by molar-refractivity contribution is 5.82. The van der Waals surface area contributed by atoms with Crippen molar-refractivity contribution in [3.05, 3.63) is 48.0 Å². The molecule has 1 aromatic carbocycles. The number of hydrogen-bond donors (Lipinski definition) is 4. The van der Waals surface area contributed by atoms with Crippen LogP contribution in [0.5, 0.6) is 0 Å². The number of amides is 1. The first kappa shape index (κ1) is 28.7. The fourth-order valence-electron chi connectivity index (χ4n) is 4.93. The molecule has 2 saturated heterocycles. The Hall–Kier alpha value is -3.80. The van der Waals surface area contributed by atoms with Crippen molar-refractivity contribution in [3.63, 3.8) is 0 Å². The number of fused-ring (bicyclic) bond motifs is 1. The summed E-state index contributed by atoms with van der Waals surface area (Å²) in [6, 6.07) is 9.82. The van der Waals surface area contributed by atoms with E-state index in [2.05, 4.69) is 26.8 Å². The Bertz CT molecular complexity index is 1380. The third-order valence-corrected chi connectivity index (χ3v) is 7.27. The standard InChI is InChI=1S/C28H34N6O7/c29-25-22-26(34(17-30-22)27-24(37)23(36)20(15-35)41-27)32-21(31-25)8-4-7-18-9-11-33(12-10-18)28(38)40-14-13-39-16-19-5-2-1-3-6-19/h1-3,5-6,17-18,20,23-24,27,35-37H,7,9-16H2,(H2,29,31,32)/t20-,23?,24?,27-/m1/s1. The molecule has 5 N–H and O–H groups in total. The highest BCUT2D eigenvalue weighted by Gasteiger charge is 2.44. The van der Waals surface area contributed by atoms with E-state index >= 15 is 0 Å². The summed E-state index contributed by atoms with van der Waals surface area (Å²) in [5.74, 6) is 6.70. The average molecular weight is 567 g/mol. The van der Waals surface area contributed by atoms with E-state index in [1.807, 2.05) is 30.3 Å². The highest BCUT2D eigenvalue weighted by Crippen LogP contribution is 2.32. The third kappa shape index (κ3) is 6.75. The Morgan fingerprint density at radius 1 is 1.12 bits per heavy atom. The molecule has 13 heteroatoms. The molecule has 4 heterocycles. The van der Waals surface area contributed by atoms with Crippen molar-refractivity contribution in [1.29, 1.82) is 0 Å². The van der Waals surface area contributed by atoms with Gasteiger partial charge >= 0.3 is 6.09 Å². The number of ether oxygens (including phenoxy) is 3. The van der Waals surface area contributed by atoms with Crippen LogP contribution in [0.2, 0.25) is 0 Å². The number of nitrogens with zero attached hydrogens (tertiary/aromatic N) is 5. The van der Waals surface area contributed by atoms with Gasteiger partial charge in [-0.1, -0.05) is 36.3 Å². The number of carbonyl (C=O) groups excluding carboxylic acids is 1.